The van der Waals surface area contributed by atoms with Crippen LogP contribution in [0.1, 0.15) is 56.8 Å². The Morgan fingerprint density at radius 2 is 1.63 bits per heavy atom. The maximum absolute atomic E-state index is 13.5. The monoisotopic (exact) mass is 405 g/mol. The van der Waals surface area contributed by atoms with Crippen molar-refractivity contribution in [3.05, 3.63) is 48.0 Å². The Bertz CT molecular complexity index is 1120. The molecule has 156 valence electrons. The third kappa shape index (κ3) is 3.17. The summed E-state index contributed by atoms with van der Waals surface area (Å²) in [5.41, 5.74) is 1.61. The van der Waals surface area contributed by atoms with Crippen molar-refractivity contribution >= 4 is 33.8 Å². The molecule has 2 aliphatic heterocycles. The number of carbonyl (C=O) groups is 2. The summed E-state index contributed by atoms with van der Waals surface area (Å²) in [5.74, 6) is 0.0281. The minimum absolute atomic E-state index is 0.0717. The van der Waals surface area contributed by atoms with Crippen LogP contribution in [0, 0.1) is 5.92 Å². The predicted molar refractivity (Wildman–Crippen MR) is 116 cm³/mol. The lowest BCUT2D eigenvalue weighted by Crippen LogP contribution is -2.49. The van der Waals surface area contributed by atoms with E-state index in [0.29, 0.717) is 24.0 Å². The maximum Gasteiger partial charge on any atom is 0.410 e. The van der Waals surface area contributed by atoms with Gasteiger partial charge in [-0.15, -0.1) is 0 Å². The lowest BCUT2D eigenvalue weighted by molar-refractivity contribution is 0.00254. The van der Waals surface area contributed by atoms with Crippen LogP contribution in [0.25, 0.3) is 21.9 Å². The smallest absolute Gasteiger partial charge is 0.410 e. The molecule has 3 aromatic rings. The third-order valence-corrected chi connectivity index (χ3v) is 6.38. The number of piperidine rings is 1. The maximum atomic E-state index is 13.5. The summed E-state index contributed by atoms with van der Waals surface area (Å²) in [6.45, 7) is 5.66. The van der Waals surface area contributed by atoms with Crippen molar-refractivity contribution in [2.45, 2.75) is 64.1 Å². The highest BCUT2D eigenvalue weighted by molar-refractivity contribution is 6.14. The van der Waals surface area contributed by atoms with E-state index < -0.39 is 5.60 Å². The van der Waals surface area contributed by atoms with Gasteiger partial charge in [0.1, 0.15) is 16.8 Å². The molecule has 2 aliphatic rings. The molecule has 2 bridgehead atoms. The van der Waals surface area contributed by atoms with Crippen molar-refractivity contribution in [3.63, 3.8) is 0 Å². The van der Waals surface area contributed by atoms with E-state index in [0.717, 1.165) is 29.2 Å². The summed E-state index contributed by atoms with van der Waals surface area (Å²) >= 11 is 0. The molecule has 2 saturated heterocycles. The van der Waals surface area contributed by atoms with E-state index in [4.69, 9.17) is 9.15 Å². The van der Waals surface area contributed by atoms with Gasteiger partial charge >= 0.3 is 6.09 Å². The van der Waals surface area contributed by atoms with Crippen molar-refractivity contribution in [2.75, 3.05) is 0 Å². The Kier molecular flexibility index (Phi) is 4.38. The number of furan rings is 1. The molecule has 1 amide bonds. The number of hydrogen-bond donors (Lipinski definition) is 0. The minimum Gasteiger partial charge on any atom is -0.455 e. The number of Topliss-reactive ketones (excluding diaryl/α,β-unsaturated/α-hetero) is 1. The van der Waals surface area contributed by atoms with E-state index in [9.17, 15) is 9.59 Å². The lowest BCUT2D eigenvalue weighted by Gasteiger charge is -2.39. The first kappa shape index (κ1) is 19.2. The van der Waals surface area contributed by atoms with Crippen molar-refractivity contribution < 1.29 is 18.7 Å². The number of fused-ring (bicyclic) bond motifs is 5. The Labute approximate surface area is 176 Å². The van der Waals surface area contributed by atoms with Crippen LogP contribution >= 0.6 is 0 Å². The van der Waals surface area contributed by atoms with Gasteiger partial charge in [0, 0.05) is 28.8 Å². The van der Waals surface area contributed by atoms with E-state index in [2.05, 4.69) is 0 Å². The Morgan fingerprint density at radius 3 is 2.33 bits per heavy atom. The lowest BCUT2D eigenvalue weighted by atomic mass is 9.84. The number of hydrogen-bond acceptors (Lipinski definition) is 4. The summed E-state index contributed by atoms with van der Waals surface area (Å²) in [5, 5.41) is 2.01. The number of ketones is 1. The summed E-state index contributed by atoms with van der Waals surface area (Å²) in [6.07, 6.45) is 2.99. The molecule has 0 aliphatic carbocycles. The summed E-state index contributed by atoms with van der Waals surface area (Å²) < 4.78 is 11.7. The van der Waals surface area contributed by atoms with Gasteiger partial charge in [-0.05, 0) is 58.6 Å². The first-order valence-corrected chi connectivity index (χ1v) is 10.8. The van der Waals surface area contributed by atoms with Crippen molar-refractivity contribution in [1.82, 2.24) is 4.90 Å². The molecule has 0 radical (unpaired) electrons. The Balaban J connectivity index is 1.42. The fraction of sp³-hybridized carbons (Fsp3) is 0.440. The van der Waals surface area contributed by atoms with E-state index in [1.165, 1.54) is 0 Å². The molecule has 2 atom stereocenters. The first-order valence-electron chi connectivity index (χ1n) is 10.8. The van der Waals surface area contributed by atoms with Crippen LogP contribution in [0.4, 0.5) is 4.79 Å². The van der Waals surface area contributed by atoms with Crippen LogP contribution < -0.4 is 0 Å². The van der Waals surface area contributed by atoms with Gasteiger partial charge in [0.2, 0.25) is 0 Å². The molecule has 0 N–H and O–H groups in total. The number of amides is 1. The normalized spacial score (nSPS) is 23.8. The topological polar surface area (TPSA) is 59.8 Å². The zero-order valence-corrected chi connectivity index (χ0v) is 17.7. The number of ether oxygens (including phenoxy) is 1. The molecule has 2 fully saturated rings. The first-order chi connectivity index (χ1) is 14.3. The van der Waals surface area contributed by atoms with Crippen molar-refractivity contribution in [1.29, 1.82) is 0 Å². The molecule has 5 rings (SSSR count). The van der Waals surface area contributed by atoms with E-state index in [1.807, 2.05) is 68.1 Å². The van der Waals surface area contributed by atoms with Gasteiger partial charge in [0.05, 0.1) is 5.56 Å². The van der Waals surface area contributed by atoms with Gasteiger partial charge in [-0.25, -0.2) is 4.79 Å². The van der Waals surface area contributed by atoms with Crippen LogP contribution in [-0.4, -0.2) is 34.5 Å². The average Bonchev–Trinajstić information content (AvgIpc) is 3.20. The SMILES string of the molecule is CC(C)(C)OC(=O)N1C2CCC1CC(C(=O)c1cccc3c1oc1ccccc13)C2. The number of nitrogens with zero attached hydrogens (tertiary/aromatic N) is 1. The van der Waals surface area contributed by atoms with Gasteiger partial charge in [0.15, 0.2) is 5.78 Å². The highest BCUT2D eigenvalue weighted by Crippen LogP contribution is 2.41. The molecule has 2 unspecified atom stereocenters. The van der Waals surface area contributed by atoms with E-state index in [-0.39, 0.29) is 29.9 Å². The van der Waals surface area contributed by atoms with Gasteiger partial charge in [-0.3, -0.25) is 4.79 Å². The third-order valence-electron chi connectivity index (χ3n) is 6.38. The highest BCUT2D eigenvalue weighted by Gasteiger charge is 2.46. The fourth-order valence-corrected chi connectivity index (χ4v) is 5.16. The standard InChI is InChI=1S/C25H27NO4/c1-25(2,3)30-24(28)26-16-11-12-17(26)14-15(13-16)22(27)20-9-6-8-19-18-7-4-5-10-21(18)29-23(19)20/h4-10,15-17H,11-14H2,1-3H3. The molecule has 1 aromatic heterocycles. The molecule has 5 heteroatoms. The molecule has 3 heterocycles. The van der Waals surface area contributed by atoms with E-state index >= 15 is 0 Å². The Hall–Kier alpha value is -2.82. The van der Waals surface area contributed by atoms with Gasteiger partial charge in [-0.1, -0.05) is 30.3 Å². The van der Waals surface area contributed by atoms with Gasteiger partial charge < -0.3 is 14.1 Å². The highest BCUT2D eigenvalue weighted by atomic mass is 16.6. The summed E-state index contributed by atoms with van der Waals surface area (Å²) in [4.78, 5) is 28.1. The zero-order chi connectivity index (χ0) is 21.0. The quantitative estimate of drug-likeness (QED) is 0.495. The minimum atomic E-state index is -0.514. The van der Waals surface area contributed by atoms with Crippen molar-refractivity contribution in [2.24, 2.45) is 5.92 Å². The second-order valence-electron chi connectivity index (χ2n) is 9.59. The molecule has 0 saturated carbocycles. The van der Waals surface area contributed by atoms with Crippen LogP contribution in [0.5, 0.6) is 0 Å². The van der Waals surface area contributed by atoms with Crippen LogP contribution in [-0.2, 0) is 4.74 Å². The summed E-state index contributed by atoms with van der Waals surface area (Å²) in [6, 6.07) is 13.8. The fourth-order valence-electron chi connectivity index (χ4n) is 5.16. The molecular formula is C25H27NO4. The largest absolute Gasteiger partial charge is 0.455 e. The predicted octanol–water partition coefficient (Wildman–Crippen LogP) is 5.95. The molecule has 2 aromatic carbocycles. The molecule has 5 nitrogen and oxygen atoms in total. The summed E-state index contributed by atoms with van der Waals surface area (Å²) in [7, 11) is 0. The van der Waals surface area contributed by atoms with Gasteiger partial charge in [0.25, 0.3) is 0 Å². The number of carbonyl (C=O) groups excluding carboxylic acids is 2. The molecular weight excluding hydrogens is 378 g/mol. The van der Waals surface area contributed by atoms with Crippen LogP contribution in [0.15, 0.2) is 46.9 Å². The van der Waals surface area contributed by atoms with Crippen LogP contribution in [0.3, 0.4) is 0 Å². The molecule has 0 spiro atoms. The van der Waals surface area contributed by atoms with Crippen molar-refractivity contribution in [3.8, 4) is 0 Å². The number of benzene rings is 2. The Morgan fingerprint density at radius 1 is 0.967 bits per heavy atom. The van der Waals surface area contributed by atoms with E-state index in [1.54, 1.807) is 0 Å². The zero-order valence-electron chi connectivity index (χ0n) is 17.7. The van der Waals surface area contributed by atoms with Crippen LogP contribution in [0.2, 0.25) is 0 Å². The second-order valence-corrected chi connectivity index (χ2v) is 9.59. The average molecular weight is 405 g/mol. The van der Waals surface area contributed by atoms with Gasteiger partial charge in [-0.2, -0.15) is 0 Å². The second kappa shape index (κ2) is 6.86. The molecule has 30 heavy (non-hydrogen) atoms. The number of rotatable bonds is 2. The number of para-hydroxylation sites is 2.